The van der Waals surface area contributed by atoms with Crippen molar-refractivity contribution in [2.45, 2.75) is 25.6 Å². The second kappa shape index (κ2) is 6.52. The van der Waals surface area contributed by atoms with E-state index in [9.17, 15) is 18.0 Å². The summed E-state index contributed by atoms with van der Waals surface area (Å²) in [7, 11) is 0. The fraction of sp³-hybridized carbons (Fsp3) is 0.222. The Balaban J connectivity index is 1.84. The number of hydrogen-bond donors (Lipinski definition) is 0. The van der Waals surface area contributed by atoms with Gasteiger partial charge in [0.1, 0.15) is 5.92 Å². The third-order valence-electron chi connectivity index (χ3n) is 4.00. The molecule has 0 bridgehead atoms. The number of rotatable bonds is 3. The van der Waals surface area contributed by atoms with Gasteiger partial charge in [0, 0.05) is 0 Å². The van der Waals surface area contributed by atoms with Gasteiger partial charge in [-0.1, -0.05) is 48.0 Å². The first kappa shape index (κ1) is 17.5. The number of carbonyl (C=O) groups excluding carboxylic acids is 1. The summed E-state index contributed by atoms with van der Waals surface area (Å²) in [5.41, 5.74) is 0.818. The molecule has 0 saturated carbocycles. The van der Waals surface area contributed by atoms with Crippen LogP contribution in [0.3, 0.4) is 0 Å². The minimum atomic E-state index is -4.55. The average molecular weight is 367 g/mol. The van der Waals surface area contributed by atoms with E-state index in [0.29, 0.717) is 11.3 Å². The molecule has 1 unspecified atom stereocenters. The average Bonchev–Trinajstić information content (AvgIpc) is 2.83. The normalized spacial score (nSPS) is 17.8. The zero-order chi connectivity index (χ0) is 18.2. The molecule has 0 aromatic heterocycles. The maximum absolute atomic E-state index is 13.0. The third kappa shape index (κ3) is 3.54. The minimum Gasteiger partial charge on any atom is -0.272 e. The molecule has 2 aromatic carbocycles. The predicted octanol–water partition coefficient (Wildman–Crippen LogP) is 4.86. The molecule has 130 valence electrons. The van der Waals surface area contributed by atoms with E-state index in [1.807, 2.05) is 30.3 Å². The lowest BCUT2D eigenvalue weighted by Gasteiger charge is -2.16. The molecule has 0 radical (unpaired) electrons. The molecule has 1 heterocycles. The standard InChI is InChI=1S/C18H14ClF3N2O/c1-11-16(13-5-3-2-4-6-13)17(25)24(23-11)10-12-7-8-15(19)14(9-12)18(20,21)22/h2-9,16H,10H2,1H3. The molecule has 0 spiro atoms. The number of alkyl halides is 3. The fourth-order valence-corrected chi connectivity index (χ4v) is 3.05. The van der Waals surface area contributed by atoms with Crippen molar-refractivity contribution in [2.24, 2.45) is 5.10 Å². The van der Waals surface area contributed by atoms with Crippen molar-refractivity contribution in [3.05, 3.63) is 70.2 Å². The first-order valence-corrected chi connectivity index (χ1v) is 7.92. The molecule has 25 heavy (non-hydrogen) atoms. The van der Waals surface area contributed by atoms with Crippen LogP contribution in [0, 0.1) is 0 Å². The van der Waals surface area contributed by atoms with Crippen LogP contribution in [0.1, 0.15) is 29.5 Å². The van der Waals surface area contributed by atoms with Crippen LogP contribution in [-0.2, 0) is 17.5 Å². The lowest BCUT2D eigenvalue weighted by molar-refractivity contribution is -0.137. The smallest absolute Gasteiger partial charge is 0.272 e. The van der Waals surface area contributed by atoms with Gasteiger partial charge in [-0.25, -0.2) is 5.01 Å². The molecule has 0 aliphatic carbocycles. The molecule has 3 nitrogen and oxygen atoms in total. The highest BCUT2D eigenvalue weighted by atomic mass is 35.5. The number of hydrazone groups is 1. The Hall–Kier alpha value is -2.34. The highest BCUT2D eigenvalue weighted by Crippen LogP contribution is 2.36. The van der Waals surface area contributed by atoms with Crippen LogP contribution in [0.2, 0.25) is 5.02 Å². The lowest BCUT2D eigenvalue weighted by Crippen LogP contribution is -2.25. The zero-order valence-corrected chi connectivity index (χ0v) is 14.0. The van der Waals surface area contributed by atoms with Gasteiger partial charge in [0.25, 0.3) is 5.91 Å². The molecule has 1 atom stereocenters. The van der Waals surface area contributed by atoms with Gasteiger partial charge >= 0.3 is 6.18 Å². The van der Waals surface area contributed by atoms with Crippen molar-refractivity contribution in [2.75, 3.05) is 0 Å². The summed E-state index contributed by atoms with van der Waals surface area (Å²) in [6.07, 6.45) is -4.55. The van der Waals surface area contributed by atoms with E-state index in [-0.39, 0.29) is 17.5 Å². The van der Waals surface area contributed by atoms with Crippen LogP contribution in [-0.4, -0.2) is 16.6 Å². The van der Waals surface area contributed by atoms with Crippen molar-refractivity contribution in [3.8, 4) is 0 Å². The molecular formula is C18H14ClF3N2O. The Kier molecular flexibility index (Phi) is 4.56. The maximum Gasteiger partial charge on any atom is 0.417 e. The minimum absolute atomic E-state index is 0.0419. The molecule has 2 aromatic rings. The molecule has 1 aliphatic heterocycles. The van der Waals surface area contributed by atoms with E-state index >= 15 is 0 Å². The second-order valence-electron chi connectivity index (χ2n) is 5.79. The van der Waals surface area contributed by atoms with Gasteiger partial charge in [-0.15, -0.1) is 0 Å². The number of nitrogens with zero attached hydrogens (tertiary/aromatic N) is 2. The quantitative estimate of drug-likeness (QED) is 0.763. The van der Waals surface area contributed by atoms with Crippen LogP contribution >= 0.6 is 11.6 Å². The van der Waals surface area contributed by atoms with Crippen LogP contribution in [0.5, 0.6) is 0 Å². The van der Waals surface area contributed by atoms with Crippen molar-refractivity contribution in [1.29, 1.82) is 0 Å². The monoisotopic (exact) mass is 366 g/mol. The van der Waals surface area contributed by atoms with E-state index in [1.54, 1.807) is 6.92 Å². The van der Waals surface area contributed by atoms with Crippen molar-refractivity contribution in [1.82, 2.24) is 5.01 Å². The number of hydrogen-bond acceptors (Lipinski definition) is 2. The fourth-order valence-electron chi connectivity index (χ4n) is 2.83. The summed E-state index contributed by atoms with van der Waals surface area (Å²) in [5, 5.41) is 5.06. The predicted molar refractivity (Wildman–Crippen MR) is 89.3 cm³/mol. The van der Waals surface area contributed by atoms with E-state index in [4.69, 9.17) is 11.6 Å². The van der Waals surface area contributed by atoms with E-state index in [1.165, 1.54) is 17.1 Å². The summed E-state index contributed by atoms with van der Waals surface area (Å²) in [5.74, 6) is -0.761. The largest absolute Gasteiger partial charge is 0.417 e. The van der Waals surface area contributed by atoms with Crippen molar-refractivity contribution < 1.29 is 18.0 Å². The van der Waals surface area contributed by atoms with Gasteiger partial charge in [-0.3, -0.25) is 4.79 Å². The number of halogens is 4. The summed E-state index contributed by atoms with van der Waals surface area (Å²) in [6.45, 7) is 1.69. The molecular weight excluding hydrogens is 353 g/mol. The van der Waals surface area contributed by atoms with Crippen molar-refractivity contribution >= 4 is 23.2 Å². The molecule has 1 amide bonds. The maximum atomic E-state index is 13.0. The Morgan fingerprint density at radius 3 is 2.48 bits per heavy atom. The van der Waals surface area contributed by atoms with Crippen molar-refractivity contribution in [3.63, 3.8) is 0 Å². The van der Waals surface area contributed by atoms with E-state index < -0.39 is 17.7 Å². The van der Waals surface area contributed by atoms with Crippen LogP contribution in [0.25, 0.3) is 0 Å². The summed E-state index contributed by atoms with van der Waals surface area (Å²) in [4.78, 5) is 12.6. The highest BCUT2D eigenvalue weighted by Gasteiger charge is 2.36. The topological polar surface area (TPSA) is 32.7 Å². The van der Waals surface area contributed by atoms with Gasteiger partial charge < -0.3 is 0 Å². The van der Waals surface area contributed by atoms with Gasteiger partial charge in [0.05, 0.1) is 22.8 Å². The van der Waals surface area contributed by atoms with E-state index in [0.717, 1.165) is 11.6 Å². The Morgan fingerprint density at radius 2 is 1.84 bits per heavy atom. The van der Waals surface area contributed by atoms with Gasteiger partial charge in [0.2, 0.25) is 0 Å². The van der Waals surface area contributed by atoms with E-state index in [2.05, 4.69) is 5.10 Å². The highest BCUT2D eigenvalue weighted by molar-refractivity contribution is 6.31. The Morgan fingerprint density at radius 1 is 1.16 bits per heavy atom. The van der Waals surface area contributed by atoms with Crippen LogP contribution in [0.15, 0.2) is 53.6 Å². The summed E-state index contributed by atoms with van der Waals surface area (Å²) >= 11 is 5.62. The summed E-state index contributed by atoms with van der Waals surface area (Å²) in [6, 6.07) is 12.8. The molecule has 0 saturated heterocycles. The Bertz CT molecular complexity index is 834. The van der Waals surface area contributed by atoms with Crippen LogP contribution in [0.4, 0.5) is 13.2 Å². The molecule has 0 N–H and O–H groups in total. The van der Waals surface area contributed by atoms with Crippen LogP contribution < -0.4 is 0 Å². The first-order chi connectivity index (χ1) is 11.8. The molecule has 0 fully saturated rings. The first-order valence-electron chi connectivity index (χ1n) is 7.54. The molecule has 7 heteroatoms. The number of benzene rings is 2. The zero-order valence-electron chi connectivity index (χ0n) is 13.2. The van der Waals surface area contributed by atoms with Gasteiger partial charge in [0.15, 0.2) is 0 Å². The number of amides is 1. The number of carbonyl (C=O) groups is 1. The van der Waals surface area contributed by atoms with Gasteiger partial charge in [-0.05, 0) is 30.2 Å². The lowest BCUT2D eigenvalue weighted by atomic mass is 9.95. The molecule has 3 rings (SSSR count). The summed E-state index contributed by atoms with van der Waals surface area (Å²) < 4.78 is 38.9. The third-order valence-corrected chi connectivity index (χ3v) is 4.33. The SMILES string of the molecule is CC1=NN(Cc2ccc(Cl)c(C(F)(F)F)c2)C(=O)C1c1ccccc1. The Labute approximate surface area is 147 Å². The van der Waals surface area contributed by atoms with Gasteiger partial charge in [-0.2, -0.15) is 18.3 Å². The second-order valence-corrected chi connectivity index (χ2v) is 6.20. The molecule has 1 aliphatic rings.